The fourth-order valence-corrected chi connectivity index (χ4v) is 3.88. The molecule has 2 N–H and O–H groups in total. The molecule has 116 valence electrons. The summed E-state index contributed by atoms with van der Waals surface area (Å²) in [6.07, 6.45) is 1.10. The SMILES string of the molecule is COC(=O)c1cc(F)ccc1S(=O)(=O)N1CCC(N)CC1. The monoisotopic (exact) mass is 316 g/mol. The van der Waals surface area contributed by atoms with Crippen molar-refractivity contribution in [3.63, 3.8) is 0 Å². The molecule has 1 heterocycles. The van der Waals surface area contributed by atoms with Gasteiger partial charge >= 0.3 is 5.97 Å². The number of ether oxygens (including phenoxy) is 1. The fraction of sp³-hybridized carbons (Fsp3) is 0.462. The molecule has 1 aliphatic heterocycles. The quantitative estimate of drug-likeness (QED) is 0.830. The largest absolute Gasteiger partial charge is 0.465 e. The van der Waals surface area contributed by atoms with E-state index in [1.807, 2.05) is 0 Å². The Morgan fingerprint density at radius 1 is 1.38 bits per heavy atom. The third-order valence-electron chi connectivity index (χ3n) is 3.46. The van der Waals surface area contributed by atoms with Gasteiger partial charge in [0.25, 0.3) is 0 Å². The molecular formula is C13H17FN2O4S. The minimum absolute atomic E-state index is 0.0234. The van der Waals surface area contributed by atoms with Crippen LogP contribution < -0.4 is 5.73 Å². The van der Waals surface area contributed by atoms with Crippen LogP contribution in [0, 0.1) is 5.82 Å². The molecule has 1 aliphatic rings. The minimum atomic E-state index is -3.88. The van der Waals surface area contributed by atoms with Crippen LogP contribution in [0.15, 0.2) is 23.1 Å². The molecule has 0 unspecified atom stereocenters. The molecule has 8 heteroatoms. The number of rotatable bonds is 3. The van der Waals surface area contributed by atoms with Crippen molar-refractivity contribution in [1.82, 2.24) is 4.31 Å². The van der Waals surface area contributed by atoms with Crippen molar-refractivity contribution >= 4 is 16.0 Å². The molecule has 21 heavy (non-hydrogen) atoms. The lowest BCUT2D eigenvalue weighted by Crippen LogP contribution is -2.43. The summed E-state index contributed by atoms with van der Waals surface area (Å²) < 4.78 is 44.3. The van der Waals surface area contributed by atoms with Crippen LogP contribution in [0.3, 0.4) is 0 Å². The third kappa shape index (κ3) is 3.22. The third-order valence-corrected chi connectivity index (χ3v) is 5.42. The molecule has 1 saturated heterocycles. The van der Waals surface area contributed by atoms with Crippen molar-refractivity contribution < 1.29 is 22.3 Å². The van der Waals surface area contributed by atoms with Crippen molar-refractivity contribution in [1.29, 1.82) is 0 Å². The van der Waals surface area contributed by atoms with Crippen LogP contribution in [0.1, 0.15) is 23.2 Å². The Hall–Kier alpha value is -1.51. The molecular weight excluding hydrogens is 299 g/mol. The zero-order chi connectivity index (χ0) is 15.6. The van der Waals surface area contributed by atoms with Gasteiger partial charge < -0.3 is 10.5 Å². The average molecular weight is 316 g/mol. The molecule has 0 amide bonds. The maximum atomic E-state index is 13.3. The second-order valence-corrected chi connectivity index (χ2v) is 6.78. The molecule has 0 saturated carbocycles. The first-order valence-electron chi connectivity index (χ1n) is 6.50. The maximum Gasteiger partial charge on any atom is 0.339 e. The molecule has 0 aliphatic carbocycles. The second-order valence-electron chi connectivity index (χ2n) is 4.87. The highest BCUT2D eigenvalue weighted by molar-refractivity contribution is 7.89. The number of methoxy groups -OCH3 is 1. The van der Waals surface area contributed by atoms with Crippen LogP contribution in [-0.2, 0) is 14.8 Å². The Labute approximate surface area is 122 Å². The summed E-state index contributed by atoms with van der Waals surface area (Å²) in [5.74, 6) is -1.59. The number of carbonyl (C=O) groups excluding carboxylic acids is 1. The first-order chi connectivity index (χ1) is 9.86. The van der Waals surface area contributed by atoms with Crippen molar-refractivity contribution in [2.24, 2.45) is 5.73 Å². The maximum absolute atomic E-state index is 13.3. The Morgan fingerprint density at radius 3 is 2.57 bits per heavy atom. The first-order valence-corrected chi connectivity index (χ1v) is 7.94. The summed E-state index contributed by atoms with van der Waals surface area (Å²) in [7, 11) is -2.76. The predicted octanol–water partition coefficient (Wildman–Crippen LogP) is 0.724. The van der Waals surface area contributed by atoms with Crippen molar-refractivity contribution in [3.05, 3.63) is 29.6 Å². The highest BCUT2D eigenvalue weighted by atomic mass is 32.2. The second kappa shape index (κ2) is 6.08. The molecule has 1 aromatic carbocycles. The van der Waals surface area contributed by atoms with Gasteiger partial charge in [-0.25, -0.2) is 17.6 Å². The van der Waals surface area contributed by atoms with E-state index in [1.165, 1.54) is 4.31 Å². The van der Waals surface area contributed by atoms with E-state index in [1.54, 1.807) is 0 Å². The van der Waals surface area contributed by atoms with Gasteiger partial charge in [-0.05, 0) is 31.0 Å². The number of nitrogens with zero attached hydrogens (tertiary/aromatic N) is 1. The Kier molecular flexibility index (Phi) is 4.60. The van der Waals surface area contributed by atoms with Gasteiger partial charge in [0.05, 0.1) is 17.6 Å². The molecule has 0 radical (unpaired) electrons. The van der Waals surface area contributed by atoms with E-state index in [0.717, 1.165) is 25.3 Å². The minimum Gasteiger partial charge on any atom is -0.465 e. The highest BCUT2D eigenvalue weighted by Gasteiger charge is 2.32. The molecule has 1 fully saturated rings. The molecule has 2 rings (SSSR count). The van der Waals surface area contributed by atoms with Crippen LogP contribution in [0.2, 0.25) is 0 Å². The lowest BCUT2D eigenvalue weighted by atomic mass is 10.1. The molecule has 0 spiro atoms. The normalized spacial score (nSPS) is 17.7. The Balaban J connectivity index is 2.42. The summed E-state index contributed by atoms with van der Waals surface area (Å²) in [6, 6.07) is 2.94. The van der Waals surface area contributed by atoms with Gasteiger partial charge in [0.1, 0.15) is 5.82 Å². The first kappa shape index (κ1) is 15.9. The van der Waals surface area contributed by atoms with Gasteiger partial charge in [-0.15, -0.1) is 0 Å². The van der Waals surface area contributed by atoms with Gasteiger partial charge in [0, 0.05) is 19.1 Å². The smallest absolute Gasteiger partial charge is 0.339 e. The van der Waals surface area contributed by atoms with Gasteiger partial charge in [0.2, 0.25) is 10.0 Å². The molecule has 0 aromatic heterocycles. The van der Waals surface area contributed by atoms with Gasteiger partial charge in [-0.2, -0.15) is 4.31 Å². The van der Waals surface area contributed by atoms with E-state index in [-0.39, 0.29) is 29.6 Å². The van der Waals surface area contributed by atoms with Crippen molar-refractivity contribution in [2.45, 2.75) is 23.8 Å². The standard InChI is InChI=1S/C13H17FN2O4S/c1-20-13(17)11-8-9(14)2-3-12(11)21(18,19)16-6-4-10(15)5-7-16/h2-3,8,10H,4-7,15H2,1H3. The van der Waals surface area contributed by atoms with E-state index < -0.39 is 21.8 Å². The van der Waals surface area contributed by atoms with E-state index in [4.69, 9.17) is 5.73 Å². The predicted molar refractivity (Wildman–Crippen MR) is 73.7 cm³/mol. The molecule has 0 atom stereocenters. The van der Waals surface area contributed by atoms with E-state index in [0.29, 0.717) is 12.8 Å². The number of sulfonamides is 1. The van der Waals surface area contributed by atoms with Crippen molar-refractivity contribution in [2.75, 3.05) is 20.2 Å². The molecule has 1 aromatic rings. The highest BCUT2D eigenvalue weighted by Crippen LogP contribution is 2.24. The van der Waals surface area contributed by atoms with Crippen molar-refractivity contribution in [3.8, 4) is 0 Å². The number of esters is 1. The summed E-state index contributed by atoms with van der Waals surface area (Å²) in [5, 5.41) is 0. The van der Waals surface area contributed by atoms with Gasteiger partial charge in [-0.1, -0.05) is 0 Å². The number of carbonyl (C=O) groups is 1. The number of hydrogen-bond acceptors (Lipinski definition) is 5. The lowest BCUT2D eigenvalue weighted by molar-refractivity contribution is 0.0595. The van der Waals surface area contributed by atoms with Crippen LogP contribution in [-0.4, -0.2) is 44.9 Å². The molecule has 0 bridgehead atoms. The Morgan fingerprint density at radius 2 is 2.00 bits per heavy atom. The van der Waals surface area contributed by atoms with E-state index >= 15 is 0 Å². The fourth-order valence-electron chi connectivity index (χ4n) is 2.25. The number of halogens is 1. The number of hydrogen-bond donors (Lipinski definition) is 1. The number of piperidine rings is 1. The average Bonchev–Trinajstić information content (AvgIpc) is 2.46. The number of benzene rings is 1. The van der Waals surface area contributed by atoms with Gasteiger partial charge in [-0.3, -0.25) is 0 Å². The zero-order valence-electron chi connectivity index (χ0n) is 11.6. The van der Waals surface area contributed by atoms with Crippen LogP contribution in [0.25, 0.3) is 0 Å². The van der Waals surface area contributed by atoms with E-state index in [2.05, 4.69) is 4.74 Å². The lowest BCUT2D eigenvalue weighted by Gasteiger charge is -2.29. The van der Waals surface area contributed by atoms with E-state index in [9.17, 15) is 17.6 Å². The van der Waals surface area contributed by atoms with Crippen LogP contribution in [0.5, 0.6) is 0 Å². The van der Waals surface area contributed by atoms with Crippen LogP contribution >= 0.6 is 0 Å². The zero-order valence-corrected chi connectivity index (χ0v) is 12.4. The molecule has 6 nitrogen and oxygen atoms in total. The van der Waals surface area contributed by atoms with Gasteiger partial charge in [0.15, 0.2) is 0 Å². The topological polar surface area (TPSA) is 89.7 Å². The summed E-state index contributed by atoms with van der Waals surface area (Å²) in [5.41, 5.74) is 5.45. The summed E-state index contributed by atoms with van der Waals surface area (Å²) in [6.45, 7) is 0.559. The summed E-state index contributed by atoms with van der Waals surface area (Å²) in [4.78, 5) is 11.4. The van der Waals surface area contributed by atoms with Crippen LogP contribution in [0.4, 0.5) is 4.39 Å². The Bertz CT molecular complexity index is 640. The summed E-state index contributed by atoms with van der Waals surface area (Å²) >= 11 is 0. The number of nitrogens with two attached hydrogens (primary N) is 1.